The second-order valence-corrected chi connectivity index (χ2v) is 3.80. The summed E-state index contributed by atoms with van der Waals surface area (Å²) >= 11 is 0. The Balaban J connectivity index is 2.46. The van der Waals surface area contributed by atoms with E-state index in [2.05, 4.69) is 19.2 Å². The van der Waals surface area contributed by atoms with E-state index in [4.69, 9.17) is 4.74 Å². The molecule has 1 saturated heterocycles. The van der Waals surface area contributed by atoms with Crippen LogP contribution in [-0.4, -0.2) is 19.2 Å². The first kappa shape index (κ1) is 10.4. The Labute approximate surface area is 79.8 Å². The van der Waals surface area contributed by atoms with Crippen molar-refractivity contribution in [3.63, 3.8) is 0 Å². The molecule has 2 unspecified atom stereocenters. The quantitative estimate of drug-likeness (QED) is 0.680. The van der Waals surface area contributed by atoms with Crippen LogP contribution in [0.4, 0.5) is 4.79 Å². The lowest BCUT2D eigenvalue weighted by Crippen LogP contribution is -2.30. The molecule has 76 valence electrons. The molecule has 1 amide bonds. The molecule has 1 fully saturated rings. The highest BCUT2D eigenvalue weighted by molar-refractivity contribution is 5.67. The second-order valence-electron chi connectivity index (χ2n) is 3.80. The van der Waals surface area contributed by atoms with Gasteiger partial charge in [-0.3, -0.25) is 0 Å². The number of hydrogen-bond donors (Lipinski definition) is 1. The molecule has 0 aromatic rings. The number of ether oxygens (including phenoxy) is 1. The number of amides is 1. The summed E-state index contributed by atoms with van der Waals surface area (Å²) in [6, 6.07) is 0. The number of carbonyl (C=O) groups is 1. The summed E-state index contributed by atoms with van der Waals surface area (Å²) in [5.41, 5.74) is 0. The Morgan fingerprint density at radius 3 is 3.08 bits per heavy atom. The predicted octanol–water partition coefficient (Wildman–Crippen LogP) is 2.17. The van der Waals surface area contributed by atoms with Crippen LogP contribution in [0.25, 0.3) is 0 Å². The molecule has 1 heterocycles. The van der Waals surface area contributed by atoms with E-state index in [1.54, 1.807) is 0 Å². The molecule has 2 atom stereocenters. The van der Waals surface area contributed by atoms with Gasteiger partial charge in [0.05, 0.1) is 6.61 Å². The van der Waals surface area contributed by atoms with Gasteiger partial charge < -0.3 is 10.1 Å². The van der Waals surface area contributed by atoms with Crippen molar-refractivity contribution in [3.8, 4) is 0 Å². The fraction of sp³-hybridized carbons (Fsp3) is 0.900. The summed E-state index contributed by atoms with van der Waals surface area (Å²) in [5.74, 6) is 1.29. The Bertz CT molecular complexity index is 170. The number of carbonyl (C=O) groups excluding carboxylic acids is 1. The number of alkyl carbamates (subject to hydrolysis) is 1. The topological polar surface area (TPSA) is 38.3 Å². The summed E-state index contributed by atoms with van der Waals surface area (Å²) in [5, 5.41) is 2.78. The van der Waals surface area contributed by atoms with Crippen molar-refractivity contribution in [2.45, 2.75) is 33.1 Å². The third-order valence-electron chi connectivity index (χ3n) is 2.85. The summed E-state index contributed by atoms with van der Waals surface area (Å²) in [7, 11) is 0. The zero-order chi connectivity index (χ0) is 9.68. The standard InChI is InChI=1S/C10H19NO2/c1-3-9-5-4-6-13-10(12)11-7-8(9)2/h8-9H,3-7H2,1-2H3,(H,11,12). The van der Waals surface area contributed by atoms with Gasteiger partial charge in [0.1, 0.15) is 0 Å². The third-order valence-corrected chi connectivity index (χ3v) is 2.85. The zero-order valence-electron chi connectivity index (χ0n) is 8.51. The lowest BCUT2D eigenvalue weighted by Gasteiger charge is -2.20. The molecule has 3 nitrogen and oxygen atoms in total. The van der Waals surface area contributed by atoms with Crippen molar-refractivity contribution in [2.75, 3.05) is 13.2 Å². The molecule has 0 spiro atoms. The molecule has 0 bridgehead atoms. The molecule has 1 aliphatic rings. The first-order valence-corrected chi connectivity index (χ1v) is 5.14. The van der Waals surface area contributed by atoms with E-state index in [-0.39, 0.29) is 6.09 Å². The lowest BCUT2D eigenvalue weighted by atomic mass is 9.88. The third kappa shape index (κ3) is 3.25. The average molecular weight is 185 g/mol. The maximum atomic E-state index is 11.0. The first-order valence-electron chi connectivity index (χ1n) is 5.14. The number of hydrogen-bond acceptors (Lipinski definition) is 2. The van der Waals surface area contributed by atoms with Gasteiger partial charge in [-0.25, -0.2) is 4.79 Å². The molecule has 13 heavy (non-hydrogen) atoms. The van der Waals surface area contributed by atoms with Crippen molar-refractivity contribution < 1.29 is 9.53 Å². The van der Waals surface area contributed by atoms with Crippen molar-refractivity contribution >= 4 is 6.09 Å². The van der Waals surface area contributed by atoms with Crippen LogP contribution in [0.3, 0.4) is 0 Å². The van der Waals surface area contributed by atoms with Gasteiger partial charge in [0.25, 0.3) is 0 Å². The highest BCUT2D eigenvalue weighted by Gasteiger charge is 2.18. The molecule has 0 aliphatic carbocycles. The Hall–Kier alpha value is -0.730. The number of nitrogens with one attached hydrogen (secondary N) is 1. The van der Waals surface area contributed by atoms with Gasteiger partial charge in [0.15, 0.2) is 0 Å². The molecular formula is C10H19NO2. The van der Waals surface area contributed by atoms with Gasteiger partial charge in [-0.2, -0.15) is 0 Å². The van der Waals surface area contributed by atoms with E-state index in [0.717, 1.165) is 18.9 Å². The summed E-state index contributed by atoms with van der Waals surface area (Å²) in [6.07, 6.45) is 3.10. The van der Waals surface area contributed by atoms with Crippen LogP contribution in [0.5, 0.6) is 0 Å². The van der Waals surface area contributed by atoms with Gasteiger partial charge in [-0.1, -0.05) is 20.3 Å². The maximum absolute atomic E-state index is 11.0. The first-order chi connectivity index (χ1) is 6.24. The lowest BCUT2D eigenvalue weighted by molar-refractivity contribution is 0.146. The minimum absolute atomic E-state index is 0.261. The van der Waals surface area contributed by atoms with E-state index in [9.17, 15) is 4.79 Å². The Morgan fingerprint density at radius 2 is 2.38 bits per heavy atom. The van der Waals surface area contributed by atoms with Crippen LogP contribution in [0.2, 0.25) is 0 Å². The van der Waals surface area contributed by atoms with E-state index in [0.29, 0.717) is 12.5 Å². The van der Waals surface area contributed by atoms with Crippen LogP contribution >= 0.6 is 0 Å². The van der Waals surface area contributed by atoms with Gasteiger partial charge in [0.2, 0.25) is 0 Å². The van der Waals surface area contributed by atoms with Crippen LogP contribution in [0, 0.1) is 11.8 Å². The number of rotatable bonds is 1. The predicted molar refractivity (Wildman–Crippen MR) is 51.5 cm³/mol. The Morgan fingerprint density at radius 1 is 1.62 bits per heavy atom. The fourth-order valence-electron chi connectivity index (χ4n) is 1.86. The van der Waals surface area contributed by atoms with E-state index in [1.165, 1.54) is 12.8 Å². The summed E-state index contributed by atoms with van der Waals surface area (Å²) < 4.78 is 4.95. The Kier molecular flexibility index (Phi) is 4.06. The van der Waals surface area contributed by atoms with Crippen molar-refractivity contribution in [2.24, 2.45) is 11.8 Å². The minimum Gasteiger partial charge on any atom is -0.450 e. The zero-order valence-corrected chi connectivity index (χ0v) is 8.51. The van der Waals surface area contributed by atoms with Crippen molar-refractivity contribution in [1.82, 2.24) is 5.32 Å². The van der Waals surface area contributed by atoms with Gasteiger partial charge in [-0.15, -0.1) is 0 Å². The highest BCUT2D eigenvalue weighted by Crippen LogP contribution is 2.21. The van der Waals surface area contributed by atoms with Crippen molar-refractivity contribution in [1.29, 1.82) is 0 Å². The highest BCUT2D eigenvalue weighted by atomic mass is 16.5. The van der Waals surface area contributed by atoms with Crippen LogP contribution in [0.1, 0.15) is 33.1 Å². The fourth-order valence-corrected chi connectivity index (χ4v) is 1.86. The van der Waals surface area contributed by atoms with Gasteiger partial charge in [0, 0.05) is 6.54 Å². The number of cyclic esters (lactones) is 1. The SMILES string of the molecule is CCC1CCCOC(=O)NCC1C. The molecule has 0 saturated carbocycles. The summed E-state index contributed by atoms with van der Waals surface area (Å²) in [4.78, 5) is 11.0. The maximum Gasteiger partial charge on any atom is 0.407 e. The summed E-state index contributed by atoms with van der Waals surface area (Å²) in [6.45, 7) is 5.72. The molecule has 1 N–H and O–H groups in total. The molecule has 0 radical (unpaired) electrons. The molecule has 3 heteroatoms. The van der Waals surface area contributed by atoms with Crippen LogP contribution < -0.4 is 5.32 Å². The monoisotopic (exact) mass is 185 g/mol. The van der Waals surface area contributed by atoms with E-state index >= 15 is 0 Å². The average Bonchev–Trinajstić information content (AvgIpc) is 2.20. The van der Waals surface area contributed by atoms with Crippen molar-refractivity contribution in [3.05, 3.63) is 0 Å². The molecule has 1 rings (SSSR count). The molecule has 1 aliphatic heterocycles. The van der Waals surface area contributed by atoms with Crippen LogP contribution in [0.15, 0.2) is 0 Å². The molecule has 0 aromatic heterocycles. The van der Waals surface area contributed by atoms with Gasteiger partial charge >= 0.3 is 6.09 Å². The molecular weight excluding hydrogens is 166 g/mol. The largest absolute Gasteiger partial charge is 0.450 e. The molecule has 0 aromatic carbocycles. The normalized spacial score (nSPS) is 30.8. The van der Waals surface area contributed by atoms with E-state index in [1.807, 2.05) is 0 Å². The van der Waals surface area contributed by atoms with Crippen LogP contribution in [-0.2, 0) is 4.74 Å². The second kappa shape index (κ2) is 5.10. The van der Waals surface area contributed by atoms with Gasteiger partial charge in [-0.05, 0) is 24.7 Å². The van der Waals surface area contributed by atoms with E-state index < -0.39 is 0 Å². The smallest absolute Gasteiger partial charge is 0.407 e. The minimum atomic E-state index is -0.261.